The van der Waals surface area contributed by atoms with Crippen molar-refractivity contribution in [3.05, 3.63) is 77.3 Å². The van der Waals surface area contributed by atoms with Gasteiger partial charge in [0.25, 0.3) is 0 Å². The van der Waals surface area contributed by atoms with E-state index in [2.05, 4.69) is 10.4 Å². The summed E-state index contributed by atoms with van der Waals surface area (Å²) in [6.45, 7) is 0.476. The number of benzene rings is 1. The highest BCUT2D eigenvalue weighted by Crippen LogP contribution is 2.18. The molecule has 0 aliphatic heterocycles. The van der Waals surface area contributed by atoms with E-state index in [1.54, 1.807) is 41.4 Å². The fourth-order valence-electron chi connectivity index (χ4n) is 2.06. The number of nitrogens with one attached hydrogen (secondary N) is 1. The standard InChI is InChI=1S/C17H14ClN3O2/c18-15-6-2-1-4-13(15)12-21-16(9-10-19-21)20-17(22)8-7-14-5-3-11-23-14/h1-11H,12H2,(H,20,22)/b8-7+. The monoisotopic (exact) mass is 327 g/mol. The first kappa shape index (κ1) is 15.1. The predicted molar refractivity (Wildman–Crippen MR) is 89.2 cm³/mol. The lowest BCUT2D eigenvalue weighted by Crippen LogP contribution is -2.13. The molecule has 1 amide bonds. The summed E-state index contributed by atoms with van der Waals surface area (Å²) in [7, 11) is 0. The van der Waals surface area contributed by atoms with Crippen molar-refractivity contribution in [2.45, 2.75) is 6.54 Å². The van der Waals surface area contributed by atoms with Crippen LogP contribution in [0, 0.1) is 0 Å². The summed E-state index contributed by atoms with van der Waals surface area (Å²) in [5.74, 6) is 0.950. The van der Waals surface area contributed by atoms with Crippen LogP contribution in [0.25, 0.3) is 6.08 Å². The molecule has 1 aromatic carbocycles. The second kappa shape index (κ2) is 6.98. The van der Waals surface area contributed by atoms with Crippen LogP contribution in [0.4, 0.5) is 5.82 Å². The van der Waals surface area contributed by atoms with Gasteiger partial charge in [-0.2, -0.15) is 5.10 Å². The number of rotatable bonds is 5. The molecule has 2 aromatic heterocycles. The smallest absolute Gasteiger partial charge is 0.249 e. The van der Waals surface area contributed by atoms with Gasteiger partial charge in [0, 0.05) is 17.2 Å². The van der Waals surface area contributed by atoms with Crippen molar-refractivity contribution in [1.82, 2.24) is 9.78 Å². The van der Waals surface area contributed by atoms with E-state index in [9.17, 15) is 4.79 Å². The normalized spacial score (nSPS) is 11.0. The summed E-state index contributed by atoms with van der Waals surface area (Å²) in [6.07, 6.45) is 6.19. The Labute approximate surface area is 138 Å². The van der Waals surface area contributed by atoms with Gasteiger partial charge >= 0.3 is 0 Å². The Morgan fingerprint density at radius 1 is 1.26 bits per heavy atom. The molecule has 0 saturated heterocycles. The van der Waals surface area contributed by atoms with Crippen molar-refractivity contribution >= 4 is 29.4 Å². The molecule has 0 atom stereocenters. The summed E-state index contributed by atoms with van der Waals surface area (Å²) in [5.41, 5.74) is 0.930. The minimum Gasteiger partial charge on any atom is -0.465 e. The fraction of sp³-hybridized carbons (Fsp3) is 0.0588. The molecule has 0 saturated carbocycles. The maximum Gasteiger partial charge on any atom is 0.249 e. The molecule has 116 valence electrons. The lowest BCUT2D eigenvalue weighted by molar-refractivity contribution is -0.111. The van der Waals surface area contributed by atoms with Crippen molar-refractivity contribution in [3.8, 4) is 0 Å². The van der Waals surface area contributed by atoms with Gasteiger partial charge in [0.05, 0.1) is 19.0 Å². The minimum absolute atomic E-state index is 0.262. The number of nitrogens with zero attached hydrogens (tertiary/aromatic N) is 2. The van der Waals surface area contributed by atoms with Crippen LogP contribution in [0.5, 0.6) is 0 Å². The lowest BCUT2D eigenvalue weighted by atomic mass is 10.2. The topological polar surface area (TPSA) is 60.1 Å². The summed E-state index contributed by atoms with van der Waals surface area (Å²) in [4.78, 5) is 12.0. The fourth-order valence-corrected chi connectivity index (χ4v) is 2.26. The first-order valence-corrected chi connectivity index (χ1v) is 7.38. The van der Waals surface area contributed by atoms with Gasteiger partial charge in [-0.25, -0.2) is 4.68 Å². The molecule has 0 aliphatic carbocycles. The van der Waals surface area contributed by atoms with Gasteiger partial charge in [0.1, 0.15) is 11.6 Å². The Bertz CT molecular complexity index is 822. The van der Waals surface area contributed by atoms with Gasteiger partial charge in [0.2, 0.25) is 5.91 Å². The zero-order valence-corrected chi connectivity index (χ0v) is 12.9. The molecule has 5 nitrogen and oxygen atoms in total. The maximum absolute atomic E-state index is 12.0. The van der Waals surface area contributed by atoms with Crippen molar-refractivity contribution in [3.63, 3.8) is 0 Å². The summed E-state index contributed by atoms with van der Waals surface area (Å²) < 4.78 is 6.82. The molecule has 2 heterocycles. The highest BCUT2D eigenvalue weighted by Gasteiger charge is 2.07. The van der Waals surface area contributed by atoms with Crippen molar-refractivity contribution in [2.24, 2.45) is 0 Å². The predicted octanol–water partition coefficient (Wildman–Crippen LogP) is 3.83. The first-order chi connectivity index (χ1) is 11.2. The van der Waals surface area contributed by atoms with E-state index < -0.39 is 0 Å². The Kier molecular flexibility index (Phi) is 4.59. The summed E-state index contributed by atoms with van der Waals surface area (Å²) in [5, 5.41) is 7.66. The van der Waals surface area contributed by atoms with E-state index in [4.69, 9.17) is 16.0 Å². The first-order valence-electron chi connectivity index (χ1n) is 7.00. The molecule has 0 fully saturated rings. The summed E-state index contributed by atoms with van der Waals surface area (Å²) in [6, 6.07) is 12.8. The van der Waals surface area contributed by atoms with Gasteiger partial charge in [0.15, 0.2) is 0 Å². The minimum atomic E-state index is -0.262. The van der Waals surface area contributed by atoms with Crippen molar-refractivity contribution in [1.29, 1.82) is 0 Å². The molecule has 0 unspecified atom stereocenters. The molecule has 0 spiro atoms. The second-order valence-electron chi connectivity index (χ2n) is 4.80. The highest BCUT2D eigenvalue weighted by atomic mass is 35.5. The number of furan rings is 1. The number of hydrogen-bond acceptors (Lipinski definition) is 3. The van der Waals surface area contributed by atoms with Crippen LogP contribution >= 0.6 is 11.6 Å². The van der Waals surface area contributed by atoms with Crippen LogP contribution < -0.4 is 5.32 Å². The molecule has 1 N–H and O–H groups in total. The highest BCUT2D eigenvalue weighted by molar-refractivity contribution is 6.31. The number of hydrogen-bond donors (Lipinski definition) is 1. The largest absolute Gasteiger partial charge is 0.465 e. The molecule has 0 radical (unpaired) electrons. The van der Waals surface area contributed by atoms with Gasteiger partial charge in [-0.1, -0.05) is 29.8 Å². The zero-order valence-electron chi connectivity index (χ0n) is 12.1. The SMILES string of the molecule is O=C(/C=C/c1ccco1)Nc1ccnn1Cc1ccccc1Cl. The molecular formula is C17H14ClN3O2. The van der Waals surface area contributed by atoms with E-state index in [0.29, 0.717) is 23.1 Å². The zero-order chi connectivity index (χ0) is 16.1. The third-order valence-electron chi connectivity index (χ3n) is 3.19. The van der Waals surface area contributed by atoms with Crippen LogP contribution in [0.2, 0.25) is 5.02 Å². The van der Waals surface area contributed by atoms with Gasteiger partial charge < -0.3 is 9.73 Å². The van der Waals surface area contributed by atoms with Crippen LogP contribution in [-0.4, -0.2) is 15.7 Å². The number of aromatic nitrogens is 2. The van der Waals surface area contributed by atoms with E-state index >= 15 is 0 Å². The Morgan fingerprint density at radius 3 is 2.91 bits per heavy atom. The molecule has 3 rings (SSSR count). The third kappa shape index (κ3) is 3.90. The molecule has 6 heteroatoms. The van der Waals surface area contributed by atoms with Crippen LogP contribution in [0.3, 0.4) is 0 Å². The maximum atomic E-state index is 12.0. The average Bonchev–Trinajstić information content (AvgIpc) is 3.20. The molecule has 3 aromatic rings. The lowest BCUT2D eigenvalue weighted by Gasteiger charge is -2.09. The number of amides is 1. The van der Waals surface area contributed by atoms with Crippen LogP contribution in [0.1, 0.15) is 11.3 Å². The van der Waals surface area contributed by atoms with Crippen LogP contribution in [0.15, 0.2) is 65.4 Å². The van der Waals surface area contributed by atoms with Gasteiger partial charge in [-0.15, -0.1) is 0 Å². The van der Waals surface area contributed by atoms with Crippen molar-refractivity contribution in [2.75, 3.05) is 5.32 Å². The molecule has 0 aliphatic rings. The molecular weight excluding hydrogens is 314 g/mol. The summed E-state index contributed by atoms with van der Waals surface area (Å²) >= 11 is 6.16. The number of carbonyl (C=O) groups excluding carboxylic acids is 1. The van der Waals surface area contributed by atoms with Gasteiger partial charge in [-0.3, -0.25) is 4.79 Å². The average molecular weight is 328 g/mol. The van der Waals surface area contributed by atoms with Crippen molar-refractivity contribution < 1.29 is 9.21 Å². The van der Waals surface area contributed by atoms with Crippen LogP contribution in [-0.2, 0) is 11.3 Å². The third-order valence-corrected chi connectivity index (χ3v) is 3.56. The second-order valence-corrected chi connectivity index (χ2v) is 5.21. The molecule has 0 bridgehead atoms. The van der Waals surface area contributed by atoms with E-state index in [1.807, 2.05) is 24.3 Å². The number of anilines is 1. The van der Waals surface area contributed by atoms with E-state index in [0.717, 1.165) is 5.56 Å². The Balaban J connectivity index is 1.69. The molecule has 23 heavy (non-hydrogen) atoms. The van der Waals surface area contributed by atoms with E-state index in [-0.39, 0.29) is 5.91 Å². The number of halogens is 1. The Hall–Kier alpha value is -2.79. The quantitative estimate of drug-likeness (QED) is 0.724. The van der Waals surface area contributed by atoms with E-state index in [1.165, 1.54) is 6.08 Å². The van der Waals surface area contributed by atoms with Gasteiger partial charge in [-0.05, 0) is 29.8 Å². The number of carbonyl (C=O) groups is 1. The Morgan fingerprint density at radius 2 is 2.13 bits per heavy atom.